The fourth-order valence-corrected chi connectivity index (χ4v) is 3.79. The van der Waals surface area contributed by atoms with E-state index in [2.05, 4.69) is 57.2 Å². The van der Waals surface area contributed by atoms with Gasteiger partial charge in [-0.25, -0.2) is 0 Å². The van der Waals surface area contributed by atoms with Crippen molar-refractivity contribution in [2.75, 3.05) is 3.11 Å². The highest BCUT2D eigenvalue weighted by atomic mass is 127. The number of hydrogen-bond acceptors (Lipinski definition) is 2. The van der Waals surface area contributed by atoms with Crippen LogP contribution in [0.15, 0.2) is 24.3 Å². The third-order valence-corrected chi connectivity index (χ3v) is 4.83. The van der Waals surface area contributed by atoms with Gasteiger partial charge in [-0.1, -0.05) is 31.0 Å². The van der Waals surface area contributed by atoms with Crippen LogP contribution in [-0.2, 0) is 4.79 Å². The maximum atomic E-state index is 11.2. The molecule has 1 aromatic carbocycles. The van der Waals surface area contributed by atoms with Crippen molar-refractivity contribution in [3.63, 3.8) is 0 Å². The first-order valence-electron chi connectivity index (χ1n) is 6.20. The molecule has 3 heteroatoms. The van der Waals surface area contributed by atoms with E-state index in [0.29, 0.717) is 6.04 Å². The van der Waals surface area contributed by atoms with Gasteiger partial charge < -0.3 is 7.91 Å². The average molecular weight is 343 g/mol. The minimum Gasteiger partial charge on any atom is -0.311 e. The van der Waals surface area contributed by atoms with Crippen LogP contribution in [0.2, 0.25) is 0 Å². The third kappa shape index (κ3) is 2.81. The largest absolute Gasteiger partial charge is 0.311 e. The number of para-hydroxylation sites is 1. The van der Waals surface area contributed by atoms with E-state index in [1.165, 1.54) is 24.1 Å². The number of aldehydes is 1. The van der Waals surface area contributed by atoms with Gasteiger partial charge in [0.25, 0.3) is 0 Å². The minimum absolute atomic E-state index is 0.195. The van der Waals surface area contributed by atoms with E-state index >= 15 is 0 Å². The van der Waals surface area contributed by atoms with E-state index in [0.717, 1.165) is 19.1 Å². The molecule has 1 saturated carbocycles. The Morgan fingerprint density at radius 3 is 2.71 bits per heavy atom. The Kier molecular flexibility index (Phi) is 4.42. The molecule has 0 bridgehead atoms. The molecule has 2 nitrogen and oxygen atoms in total. The highest BCUT2D eigenvalue weighted by Gasteiger charge is 2.29. The van der Waals surface area contributed by atoms with Gasteiger partial charge in [0.2, 0.25) is 0 Å². The quantitative estimate of drug-likeness (QED) is 0.471. The number of benzene rings is 1. The van der Waals surface area contributed by atoms with Gasteiger partial charge in [-0.2, -0.15) is 0 Å². The van der Waals surface area contributed by atoms with Gasteiger partial charge >= 0.3 is 0 Å². The standard InChI is InChI=1S/C14H18INO/c1-11-6-2-4-8-13(11)16(15)14-9-5-3-7-12(14)10-17/h2,4,6,8,10,12,14H,3,5,7,9H2,1H3. The summed E-state index contributed by atoms with van der Waals surface area (Å²) in [5.41, 5.74) is 2.52. The van der Waals surface area contributed by atoms with E-state index in [-0.39, 0.29) is 5.92 Å². The summed E-state index contributed by atoms with van der Waals surface area (Å²) in [6.45, 7) is 2.12. The van der Waals surface area contributed by atoms with Gasteiger partial charge in [-0.15, -0.1) is 0 Å². The van der Waals surface area contributed by atoms with Crippen LogP contribution in [0.5, 0.6) is 0 Å². The lowest BCUT2D eigenvalue weighted by Gasteiger charge is -2.35. The summed E-state index contributed by atoms with van der Waals surface area (Å²) in [6, 6.07) is 8.74. The van der Waals surface area contributed by atoms with Gasteiger partial charge in [-0.05, 0) is 31.4 Å². The average Bonchev–Trinajstić information content (AvgIpc) is 2.38. The lowest BCUT2D eigenvalue weighted by Crippen LogP contribution is -2.37. The first-order valence-corrected chi connectivity index (χ1v) is 7.16. The molecule has 17 heavy (non-hydrogen) atoms. The second-order valence-electron chi connectivity index (χ2n) is 4.75. The Labute approximate surface area is 117 Å². The number of anilines is 1. The molecule has 92 valence electrons. The second kappa shape index (κ2) is 5.85. The molecule has 0 spiro atoms. The number of hydrogen-bond donors (Lipinski definition) is 0. The Hall–Kier alpha value is -0.580. The predicted molar refractivity (Wildman–Crippen MR) is 79.5 cm³/mol. The molecule has 0 amide bonds. The van der Waals surface area contributed by atoms with Crippen molar-refractivity contribution in [1.29, 1.82) is 0 Å². The highest BCUT2D eigenvalue weighted by Crippen LogP contribution is 2.34. The zero-order chi connectivity index (χ0) is 12.3. The molecule has 2 atom stereocenters. The lowest BCUT2D eigenvalue weighted by molar-refractivity contribution is -0.112. The summed E-state index contributed by atoms with van der Waals surface area (Å²) in [4.78, 5) is 11.2. The van der Waals surface area contributed by atoms with E-state index in [1.54, 1.807) is 0 Å². The van der Waals surface area contributed by atoms with Crippen LogP contribution in [0.25, 0.3) is 0 Å². The first-order chi connectivity index (χ1) is 8.24. The van der Waals surface area contributed by atoms with Crippen LogP contribution in [0.4, 0.5) is 5.69 Å². The maximum absolute atomic E-state index is 11.2. The molecule has 1 fully saturated rings. The molecule has 1 aliphatic carbocycles. The summed E-state index contributed by atoms with van der Waals surface area (Å²) >= 11 is 2.37. The van der Waals surface area contributed by atoms with Crippen LogP contribution < -0.4 is 3.11 Å². The molecule has 0 N–H and O–H groups in total. The van der Waals surface area contributed by atoms with E-state index in [1.807, 2.05) is 0 Å². The van der Waals surface area contributed by atoms with Crippen molar-refractivity contribution in [2.45, 2.75) is 38.6 Å². The SMILES string of the molecule is Cc1ccccc1N(I)C1CCCCC1C=O. The summed E-state index contributed by atoms with van der Waals surface area (Å²) < 4.78 is 2.27. The van der Waals surface area contributed by atoms with Crippen molar-refractivity contribution in [3.8, 4) is 0 Å². The molecule has 2 unspecified atom stereocenters. The Balaban J connectivity index is 2.21. The summed E-state index contributed by atoms with van der Waals surface area (Å²) in [5, 5.41) is 0. The van der Waals surface area contributed by atoms with Crippen molar-refractivity contribution in [2.24, 2.45) is 5.92 Å². The normalized spacial score (nSPS) is 24.4. The first kappa shape index (κ1) is 12.9. The molecule has 0 radical (unpaired) electrons. The molecule has 0 saturated heterocycles. The molecular formula is C14H18INO. The van der Waals surface area contributed by atoms with Gasteiger partial charge in [0.05, 0.1) is 22.9 Å². The smallest absolute Gasteiger partial charge is 0.125 e. The number of halogens is 1. The van der Waals surface area contributed by atoms with Crippen LogP contribution >= 0.6 is 22.9 Å². The number of rotatable bonds is 3. The third-order valence-electron chi connectivity index (χ3n) is 3.59. The molecule has 1 aromatic rings. The van der Waals surface area contributed by atoms with E-state index in [9.17, 15) is 4.79 Å². The van der Waals surface area contributed by atoms with Gasteiger partial charge in [0, 0.05) is 17.6 Å². The monoisotopic (exact) mass is 343 g/mol. The van der Waals surface area contributed by atoms with Crippen molar-refractivity contribution >= 4 is 34.8 Å². The van der Waals surface area contributed by atoms with Gasteiger partial charge in [0.15, 0.2) is 0 Å². The van der Waals surface area contributed by atoms with Crippen molar-refractivity contribution < 1.29 is 4.79 Å². The Morgan fingerprint density at radius 1 is 1.29 bits per heavy atom. The van der Waals surface area contributed by atoms with Crippen molar-refractivity contribution in [1.82, 2.24) is 0 Å². The topological polar surface area (TPSA) is 20.3 Å². The summed E-state index contributed by atoms with van der Waals surface area (Å²) in [7, 11) is 0. The van der Waals surface area contributed by atoms with Crippen LogP contribution in [0.1, 0.15) is 31.2 Å². The van der Waals surface area contributed by atoms with Crippen molar-refractivity contribution in [3.05, 3.63) is 29.8 Å². The fraction of sp³-hybridized carbons (Fsp3) is 0.500. The van der Waals surface area contributed by atoms with E-state index < -0.39 is 0 Å². The molecule has 1 aliphatic rings. The lowest BCUT2D eigenvalue weighted by atomic mass is 9.85. The Morgan fingerprint density at radius 2 is 2.00 bits per heavy atom. The zero-order valence-corrected chi connectivity index (χ0v) is 12.3. The summed E-state index contributed by atoms with van der Waals surface area (Å²) in [5.74, 6) is 0.195. The molecule has 0 aromatic heterocycles. The van der Waals surface area contributed by atoms with Gasteiger partial charge in [0.1, 0.15) is 6.29 Å². The zero-order valence-electron chi connectivity index (χ0n) is 10.1. The number of aryl methyl sites for hydroxylation is 1. The molecule has 0 aliphatic heterocycles. The highest BCUT2D eigenvalue weighted by molar-refractivity contribution is 14.1. The van der Waals surface area contributed by atoms with Crippen LogP contribution in [-0.4, -0.2) is 12.3 Å². The molecule has 2 rings (SSSR count). The van der Waals surface area contributed by atoms with Crippen LogP contribution in [0, 0.1) is 12.8 Å². The fourth-order valence-electron chi connectivity index (χ4n) is 2.56. The van der Waals surface area contributed by atoms with Gasteiger partial charge in [-0.3, -0.25) is 0 Å². The second-order valence-corrected chi connectivity index (χ2v) is 5.79. The number of carbonyl (C=O) groups is 1. The minimum atomic E-state index is 0.195. The number of carbonyl (C=O) groups excluding carboxylic acids is 1. The maximum Gasteiger partial charge on any atom is 0.125 e. The molecular weight excluding hydrogens is 325 g/mol. The number of nitrogens with zero attached hydrogens (tertiary/aromatic N) is 1. The Bertz CT molecular complexity index is 394. The van der Waals surface area contributed by atoms with Crippen LogP contribution in [0.3, 0.4) is 0 Å². The molecule has 0 heterocycles. The predicted octanol–water partition coefficient (Wildman–Crippen LogP) is 3.91. The summed E-state index contributed by atoms with van der Waals surface area (Å²) in [6.07, 6.45) is 5.74. The van der Waals surface area contributed by atoms with E-state index in [4.69, 9.17) is 0 Å².